The summed E-state index contributed by atoms with van der Waals surface area (Å²) in [5, 5.41) is 3.05. The number of rotatable bonds is 16. The van der Waals surface area contributed by atoms with Gasteiger partial charge in [-0.25, -0.2) is 0 Å². The molecule has 4 atom stereocenters. The van der Waals surface area contributed by atoms with Gasteiger partial charge in [0, 0.05) is 24.9 Å². The SMILES string of the molecule is CC1CC2CCCC(CC[C@@H](C)C(=O)NCCOCCOCCCCCCCl)(C1)C2. The lowest BCUT2D eigenvalue weighted by Gasteiger charge is -2.48. The highest BCUT2D eigenvalue weighted by atomic mass is 35.5. The van der Waals surface area contributed by atoms with E-state index in [-0.39, 0.29) is 11.8 Å². The average molecular weight is 444 g/mol. The molecule has 0 radical (unpaired) electrons. The van der Waals surface area contributed by atoms with E-state index in [4.69, 9.17) is 21.1 Å². The third-order valence-corrected chi connectivity index (χ3v) is 7.47. The van der Waals surface area contributed by atoms with Gasteiger partial charge in [-0.3, -0.25) is 4.79 Å². The van der Waals surface area contributed by atoms with E-state index in [9.17, 15) is 4.79 Å². The summed E-state index contributed by atoms with van der Waals surface area (Å²) in [7, 11) is 0. The summed E-state index contributed by atoms with van der Waals surface area (Å²) >= 11 is 5.66. The van der Waals surface area contributed by atoms with Crippen LogP contribution >= 0.6 is 11.6 Å². The Kier molecular flexibility index (Phi) is 12.7. The number of carbonyl (C=O) groups is 1. The minimum atomic E-state index is 0.0964. The van der Waals surface area contributed by atoms with Crippen molar-refractivity contribution in [3.05, 3.63) is 0 Å². The van der Waals surface area contributed by atoms with Crippen molar-refractivity contribution in [1.29, 1.82) is 0 Å². The van der Waals surface area contributed by atoms with Gasteiger partial charge in [-0.05, 0) is 68.6 Å². The third-order valence-electron chi connectivity index (χ3n) is 7.20. The molecular weight excluding hydrogens is 398 g/mol. The Balaban J connectivity index is 1.46. The van der Waals surface area contributed by atoms with Crippen molar-refractivity contribution in [2.75, 3.05) is 38.9 Å². The van der Waals surface area contributed by atoms with E-state index in [1.165, 1.54) is 57.8 Å². The lowest BCUT2D eigenvalue weighted by molar-refractivity contribution is -0.125. The van der Waals surface area contributed by atoms with Crippen LogP contribution in [0.1, 0.15) is 90.9 Å². The van der Waals surface area contributed by atoms with E-state index in [1.807, 2.05) is 0 Å². The molecule has 0 heterocycles. The van der Waals surface area contributed by atoms with Crippen LogP contribution < -0.4 is 5.32 Å². The minimum Gasteiger partial charge on any atom is -0.379 e. The number of nitrogens with one attached hydrogen (secondary N) is 1. The highest BCUT2D eigenvalue weighted by Crippen LogP contribution is 2.53. The maximum atomic E-state index is 12.4. The first kappa shape index (κ1) is 25.9. The normalized spacial score (nSPS) is 27.0. The summed E-state index contributed by atoms with van der Waals surface area (Å²) in [4.78, 5) is 12.4. The molecular formula is C25H46ClNO3. The van der Waals surface area contributed by atoms with Gasteiger partial charge < -0.3 is 14.8 Å². The zero-order valence-corrected chi connectivity index (χ0v) is 20.3. The molecule has 4 nitrogen and oxygen atoms in total. The fraction of sp³-hybridized carbons (Fsp3) is 0.960. The quantitative estimate of drug-likeness (QED) is 0.236. The fourth-order valence-corrected chi connectivity index (χ4v) is 5.93. The van der Waals surface area contributed by atoms with Crippen LogP contribution in [-0.2, 0) is 14.3 Å². The molecule has 0 aliphatic heterocycles. The molecule has 2 fully saturated rings. The van der Waals surface area contributed by atoms with Crippen LogP contribution in [0, 0.1) is 23.2 Å². The summed E-state index contributed by atoms with van der Waals surface area (Å²) < 4.78 is 11.1. The van der Waals surface area contributed by atoms with Crippen molar-refractivity contribution in [2.24, 2.45) is 23.2 Å². The van der Waals surface area contributed by atoms with E-state index >= 15 is 0 Å². The molecule has 176 valence electrons. The molecule has 0 aromatic carbocycles. The fourth-order valence-electron chi connectivity index (χ4n) is 5.74. The summed E-state index contributed by atoms with van der Waals surface area (Å²) in [6.45, 7) is 7.67. The van der Waals surface area contributed by atoms with Crippen molar-refractivity contribution >= 4 is 17.5 Å². The zero-order valence-electron chi connectivity index (χ0n) is 19.6. The maximum absolute atomic E-state index is 12.4. The maximum Gasteiger partial charge on any atom is 0.222 e. The predicted octanol–water partition coefficient (Wildman–Crippen LogP) is 5.96. The van der Waals surface area contributed by atoms with Gasteiger partial charge in [0.05, 0.1) is 19.8 Å². The number of amides is 1. The van der Waals surface area contributed by atoms with E-state index in [0.717, 1.165) is 43.6 Å². The standard InChI is InChI=1S/C25H46ClNO3/c1-21-18-23-8-7-10-25(19-21,20-23)11-9-22(2)24(28)27-13-15-30-17-16-29-14-6-4-3-5-12-26/h21-23H,3-20H2,1-2H3,(H,27,28)/t21?,22-,23?,25?/m1/s1. The predicted molar refractivity (Wildman–Crippen MR) is 125 cm³/mol. The second-order valence-corrected chi connectivity index (χ2v) is 10.4. The number of carbonyl (C=O) groups excluding carboxylic acids is 1. The van der Waals surface area contributed by atoms with Crippen LogP contribution in [-0.4, -0.2) is 44.8 Å². The topological polar surface area (TPSA) is 47.6 Å². The van der Waals surface area contributed by atoms with Crippen molar-refractivity contribution < 1.29 is 14.3 Å². The van der Waals surface area contributed by atoms with E-state index in [0.29, 0.717) is 31.8 Å². The molecule has 0 saturated heterocycles. The van der Waals surface area contributed by atoms with Crippen molar-refractivity contribution in [3.63, 3.8) is 0 Å². The molecule has 0 spiro atoms. The molecule has 0 aromatic rings. The van der Waals surface area contributed by atoms with E-state index in [1.54, 1.807) is 0 Å². The monoisotopic (exact) mass is 443 g/mol. The van der Waals surface area contributed by atoms with Crippen LogP contribution in [0.4, 0.5) is 0 Å². The lowest BCUT2D eigenvalue weighted by atomic mass is 9.57. The molecule has 1 N–H and O–H groups in total. The first-order valence-electron chi connectivity index (χ1n) is 12.5. The van der Waals surface area contributed by atoms with Gasteiger partial charge in [0.2, 0.25) is 5.91 Å². The van der Waals surface area contributed by atoms with Gasteiger partial charge in [-0.1, -0.05) is 39.5 Å². The largest absolute Gasteiger partial charge is 0.379 e. The number of hydrogen-bond acceptors (Lipinski definition) is 3. The van der Waals surface area contributed by atoms with Gasteiger partial charge in [0.15, 0.2) is 0 Å². The molecule has 2 rings (SSSR count). The van der Waals surface area contributed by atoms with Gasteiger partial charge >= 0.3 is 0 Å². The summed E-state index contributed by atoms with van der Waals surface area (Å²) in [5.41, 5.74) is 0.530. The van der Waals surface area contributed by atoms with Gasteiger partial charge in [0.25, 0.3) is 0 Å². The molecule has 2 bridgehead atoms. The van der Waals surface area contributed by atoms with Crippen LogP contribution in [0.2, 0.25) is 0 Å². The molecule has 2 aliphatic rings. The summed E-state index contributed by atoms with van der Waals surface area (Å²) in [6, 6.07) is 0. The minimum absolute atomic E-state index is 0.0964. The van der Waals surface area contributed by atoms with Crippen molar-refractivity contribution in [2.45, 2.75) is 90.9 Å². The average Bonchev–Trinajstić information content (AvgIpc) is 2.72. The summed E-state index contributed by atoms with van der Waals surface area (Å²) in [6.07, 6.45) is 15.2. The molecule has 0 aromatic heterocycles. The Hall–Kier alpha value is -0.320. The van der Waals surface area contributed by atoms with E-state index in [2.05, 4.69) is 19.2 Å². The number of halogens is 1. The van der Waals surface area contributed by atoms with Crippen molar-refractivity contribution in [3.8, 4) is 0 Å². The highest BCUT2D eigenvalue weighted by Gasteiger charge is 2.41. The van der Waals surface area contributed by atoms with Crippen LogP contribution in [0.15, 0.2) is 0 Å². The second-order valence-electron chi connectivity index (χ2n) is 10.1. The van der Waals surface area contributed by atoms with E-state index < -0.39 is 0 Å². The summed E-state index contributed by atoms with van der Waals surface area (Å²) in [5.74, 6) is 2.84. The zero-order chi connectivity index (χ0) is 21.7. The number of hydrogen-bond donors (Lipinski definition) is 1. The highest BCUT2D eigenvalue weighted by molar-refractivity contribution is 6.17. The Morgan fingerprint density at radius 3 is 2.67 bits per heavy atom. The molecule has 3 unspecified atom stereocenters. The Labute approximate surface area is 190 Å². The first-order chi connectivity index (χ1) is 14.5. The molecule has 2 aliphatic carbocycles. The Morgan fingerprint density at radius 2 is 1.87 bits per heavy atom. The van der Waals surface area contributed by atoms with Crippen LogP contribution in [0.25, 0.3) is 0 Å². The van der Waals surface area contributed by atoms with Gasteiger partial charge in [-0.15, -0.1) is 11.6 Å². The molecule has 30 heavy (non-hydrogen) atoms. The molecule has 2 saturated carbocycles. The number of fused-ring (bicyclic) bond motifs is 2. The lowest BCUT2D eigenvalue weighted by Crippen LogP contribution is -2.37. The molecule has 5 heteroatoms. The van der Waals surface area contributed by atoms with Crippen LogP contribution in [0.5, 0.6) is 0 Å². The molecule has 1 amide bonds. The Morgan fingerprint density at radius 1 is 1.10 bits per heavy atom. The first-order valence-corrected chi connectivity index (χ1v) is 13.1. The van der Waals surface area contributed by atoms with Gasteiger partial charge in [-0.2, -0.15) is 0 Å². The third kappa shape index (κ3) is 9.87. The number of unbranched alkanes of at least 4 members (excludes halogenated alkanes) is 3. The smallest absolute Gasteiger partial charge is 0.222 e. The van der Waals surface area contributed by atoms with Crippen molar-refractivity contribution in [1.82, 2.24) is 5.32 Å². The second kappa shape index (κ2) is 14.7. The van der Waals surface area contributed by atoms with Gasteiger partial charge in [0.1, 0.15) is 0 Å². The van der Waals surface area contributed by atoms with Crippen LogP contribution in [0.3, 0.4) is 0 Å². The Bertz CT molecular complexity index is 471. The number of alkyl halides is 1. The number of ether oxygens (including phenoxy) is 2.